The molecule has 0 bridgehead atoms. The van der Waals surface area contributed by atoms with Crippen molar-refractivity contribution in [1.82, 2.24) is 64.2 Å². The highest BCUT2D eigenvalue weighted by atomic mass is 19.4. The Balaban J connectivity index is 0.000000129. The molecule has 1 aliphatic carbocycles. The van der Waals surface area contributed by atoms with Crippen molar-refractivity contribution >= 4 is 34.1 Å². The molecule has 20 nitrogen and oxygen atoms in total. The molecule has 7 aromatic rings. The lowest BCUT2D eigenvalue weighted by molar-refractivity contribution is -0.141. The predicted octanol–water partition coefficient (Wildman–Crippen LogP) is 24.6. The molecule has 21 rings (SSSR count). The third kappa shape index (κ3) is 29.2. The van der Waals surface area contributed by atoms with Crippen LogP contribution >= 0.6 is 0 Å². The number of piperidine rings is 5. The first-order chi connectivity index (χ1) is 69.5. The molecule has 13 saturated heterocycles. The van der Waals surface area contributed by atoms with Gasteiger partial charge in [-0.3, -0.25) is 64.2 Å². The summed E-state index contributed by atoms with van der Waals surface area (Å²) < 4.78 is 76.6. The molecule has 1 N–H and O–H groups in total. The lowest BCUT2D eigenvalue weighted by Gasteiger charge is -2.46. The van der Waals surface area contributed by atoms with Crippen LogP contribution in [0, 0.1) is 37.9 Å². The van der Waals surface area contributed by atoms with E-state index in [1.807, 2.05) is 61.7 Å². The summed E-state index contributed by atoms with van der Waals surface area (Å²) in [5.74, 6) is 0. The maximum absolute atomic E-state index is 12.8. The highest BCUT2D eigenvalue weighted by Crippen LogP contribution is 2.54. The average Bonchev–Trinajstić information content (AvgIpc) is 1.61. The van der Waals surface area contributed by atoms with E-state index in [0.717, 1.165) is 115 Å². The van der Waals surface area contributed by atoms with Gasteiger partial charge in [0.2, 0.25) is 0 Å². The number of aromatic nitrogens is 6. The highest BCUT2D eigenvalue weighted by Gasteiger charge is 2.53. The van der Waals surface area contributed by atoms with Crippen LogP contribution in [0.25, 0.3) is 0 Å². The molecule has 148 heavy (non-hydrogen) atoms. The fraction of sp³-hybridized carbons (Fsp3) is 0.705. The van der Waals surface area contributed by atoms with Crippen LogP contribution in [-0.4, -0.2) is 278 Å². The van der Waals surface area contributed by atoms with Gasteiger partial charge in [-0.1, -0.05) is 0 Å². The number of alkyl halides is 6. The number of rotatable bonds is 7. The third-order valence-electron chi connectivity index (χ3n) is 37.4. The largest absolute Gasteiger partial charge is 0.433 e. The predicted molar refractivity (Wildman–Crippen MR) is 597 cm³/mol. The summed E-state index contributed by atoms with van der Waals surface area (Å²) in [7, 11) is 0. The quantitative estimate of drug-likeness (QED) is 0.151. The summed E-state index contributed by atoms with van der Waals surface area (Å²) in [6.45, 7) is 78.7. The van der Waals surface area contributed by atoms with Crippen molar-refractivity contribution in [3.05, 3.63) is 182 Å². The summed E-state index contributed by atoms with van der Waals surface area (Å²) in [5, 5.41) is 11.0. The topological polar surface area (TPSA) is 140 Å². The Bertz CT molecular complexity index is 5250. The van der Waals surface area contributed by atoms with Crippen molar-refractivity contribution in [2.24, 2.45) is 37.9 Å². The van der Waals surface area contributed by atoms with Crippen LogP contribution in [0.15, 0.2) is 165 Å². The summed E-state index contributed by atoms with van der Waals surface area (Å²) >= 11 is 0. The maximum Gasteiger partial charge on any atom is 0.433 e. The van der Waals surface area contributed by atoms with E-state index in [1.54, 1.807) is 30.6 Å². The van der Waals surface area contributed by atoms with Crippen LogP contribution in [0.2, 0.25) is 0 Å². The highest BCUT2D eigenvalue weighted by molar-refractivity contribution is 5.52. The van der Waals surface area contributed by atoms with Crippen molar-refractivity contribution in [2.75, 3.05) is 200 Å². The second kappa shape index (κ2) is 45.7. The van der Waals surface area contributed by atoms with Crippen LogP contribution in [-0.2, 0) is 18.0 Å². The zero-order valence-corrected chi connectivity index (χ0v) is 94.7. The maximum atomic E-state index is 12.8. The van der Waals surface area contributed by atoms with E-state index in [9.17, 15) is 31.4 Å². The number of hydrogen-bond donors (Lipinski definition) is 1. The van der Waals surface area contributed by atoms with Gasteiger partial charge in [-0.15, -0.1) is 0 Å². The number of likely N-dealkylation sites (tertiary alicyclic amines) is 7. The number of benzene rings is 1. The van der Waals surface area contributed by atoms with E-state index >= 15 is 0 Å². The van der Waals surface area contributed by atoms with Gasteiger partial charge < -0.3 is 34.5 Å². The van der Waals surface area contributed by atoms with Crippen LogP contribution < -0.4 is 29.4 Å². The summed E-state index contributed by atoms with van der Waals surface area (Å²) in [4.78, 5) is 56.9. The van der Waals surface area contributed by atoms with E-state index in [-0.39, 0.29) is 16.6 Å². The minimum Gasteiger partial charge on any atom is -0.385 e. The normalized spacial score (nSPS) is 26.6. The average molecular weight is 2050 g/mol. The van der Waals surface area contributed by atoms with Gasteiger partial charge in [-0.2, -0.15) is 26.3 Å². The number of anilines is 6. The molecule has 3 unspecified atom stereocenters. The first-order valence-corrected chi connectivity index (χ1v) is 56.6. The van der Waals surface area contributed by atoms with Gasteiger partial charge in [0.05, 0.1) is 11.2 Å². The van der Waals surface area contributed by atoms with Gasteiger partial charge >= 0.3 is 12.4 Å². The number of halogens is 6. The van der Waals surface area contributed by atoms with E-state index < -0.39 is 29.2 Å². The summed E-state index contributed by atoms with van der Waals surface area (Å²) in [6.07, 6.45) is 38.4. The Kier molecular flexibility index (Phi) is 35.3. The molecule has 818 valence electrons. The molecular formula is C122H187F6N19O. The van der Waals surface area contributed by atoms with Crippen LogP contribution in [0.4, 0.5) is 60.5 Å². The van der Waals surface area contributed by atoms with Crippen molar-refractivity contribution < 1.29 is 31.4 Å². The van der Waals surface area contributed by atoms with Crippen molar-refractivity contribution in [1.29, 1.82) is 0 Å². The molecule has 6 aromatic heterocycles. The van der Waals surface area contributed by atoms with E-state index in [1.165, 1.54) is 255 Å². The van der Waals surface area contributed by atoms with E-state index in [2.05, 4.69) is 288 Å². The number of nitrogens with zero attached hydrogens (tertiary/aromatic N) is 19. The minimum absolute atomic E-state index is 0.188. The van der Waals surface area contributed by atoms with Crippen molar-refractivity contribution in [3.63, 3.8) is 0 Å². The molecule has 1 aromatic carbocycles. The monoisotopic (exact) mass is 2050 g/mol. The lowest BCUT2D eigenvalue weighted by atomic mass is 9.66. The number of pyridine rings is 6. The second-order valence-electron chi connectivity index (χ2n) is 54.6. The molecule has 19 heterocycles. The fourth-order valence-electron chi connectivity index (χ4n) is 27.0. The second-order valence-corrected chi connectivity index (χ2v) is 54.6. The molecule has 1 saturated carbocycles. The van der Waals surface area contributed by atoms with Gasteiger partial charge in [0.1, 0.15) is 5.69 Å². The molecule has 13 aliphatic heterocycles. The lowest BCUT2D eigenvalue weighted by Crippen LogP contribution is -2.52. The van der Waals surface area contributed by atoms with Crippen molar-refractivity contribution in [2.45, 2.75) is 343 Å². The van der Waals surface area contributed by atoms with E-state index in [0.29, 0.717) is 65.7 Å². The molecule has 0 radical (unpaired) electrons. The molecule has 3 atom stereocenters. The van der Waals surface area contributed by atoms with Gasteiger partial charge in [0, 0.05) is 275 Å². The first kappa shape index (κ1) is 114. The standard InChI is InChI=1S/C19H27F3N2.C18H26F3N3.C18H28N2O.3C17H27N3.C16H25N3/c1-17(2,3)24-13-10-18(14-24)8-11-23(12-9-18)16-6-4-15(5-7-16)19(20,21)22;1-16(2,3)24-11-7-17(13-24)5-9-23(10-6-17)14-4-8-22-15(12-14)18(19,20)21;1-16(2,3)20-13-10-17(14-20)6-8-18(21,9-7-17)15-4-11-19-12-5-15;1-16(2,3)20-12-7-17(8-13-20)6-11-19(14-17)15-4-9-18-10-5-15;1-16(2,3)20-11-4-7-17(14-20)8-12-19(13-17)15-5-9-18-10-6-15;1-16(2,3)20-12-8-17(14-20)7-4-11-19(13-17)15-5-9-18-10-6-15;1-15(2,3)19-11-7-16(13-19)6-10-18(12-16)14-4-8-17-9-5-14/h4-7H,8-14H2,1-3H3;4,8,12H,5-7,9-11,13H2,1-3H3;4-5,11-12,21H,6-10,13-14H2,1-3H3;4-5,9-10H,6-8,11-14H2,1-3H3;2*5-6,9-10H,4,7-8,11-14H2,1-3H3;4-5,8-9H,6-7,10-13H2,1-3H3. The smallest absolute Gasteiger partial charge is 0.385 e. The third-order valence-corrected chi connectivity index (χ3v) is 37.4. The fourth-order valence-corrected chi connectivity index (χ4v) is 27.0. The molecule has 0 amide bonds. The van der Waals surface area contributed by atoms with Gasteiger partial charge in [0.25, 0.3) is 0 Å². The SMILES string of the molecule is CC(C)(C)N1CCC2(CCC(O)(c3ccncc3)CC2)C1.CC(C)(C)N1CCC2(CCCN(c3ccncc3)C2)C1.CC(C)(C)N1CCC2(CCN(c3ccc(C(F)(F)F)cc3)CC2)C1.CC(C)(C)N1CCC2(CCN(c3ccnc(C(F)(F)F)c3)CC2)C1.CC(C)(C)N1CCC2(CCN(c3ccncc3)C2)C1.CC(C)(C)N1CCC2(CCN(c3ccncc3)C2)CC1.CC(C)(C)N1CCCC2(CCN(c3ccncc3)C2)C1. The van der Waals surface area contributed by atoms with Crippen LogP contribution in [0.5, 0.6) is 0 Å². The molecule has 14 fully saturated rings. The van der Waals surface area contributed by atoms with Crippen molar-refractivity contribution in [3.8, 4) is 0 Å². The minimum atomic E-state index is -4.38. The molecule has 7 spiro atoms. The Morgan fingerprint density at radius 3 is 0.777 bits per heavy atom. The molecular weight excluding hydrogens is 1860 g/mol. The Hall–Kier alpha value is -7.82. The van der Waals surface area contributed by atoms with E-state index in [4.69, 9.17) is 0 Å². The Morgan fingerprint density at radius 2 is 0.453 bits per heavy atom. The zero-order chi connectivity index (χ0) is 106. The van der Waals surface area contributed by atoms with Crippen LogP contribution in [0.3, 0.4) is 0 Å². The van der Waals surface area contributed by atoms with Gasteiger partial charge in [-0.25, -0.2) is 0 Å². The summed E-state index contributed by atoms with van der Waals surface area (Å²) in [6, 6.07) is 29.5. The Labute approximate surface area is 887 Å². The van der Waals surface area contributed by atoms with Crippen LogP contribution in [0.1, 0.15) is 303 Å². The molecule has 14 aliphatic rings. The number of hydrogen-bond acceptors (Lipinski definition) is 20. The Morgan fingerprint density at radius 1 is 0.216 bits per heavy atom. The first-order valence-electron chi connectivity index (χ1n) is 56.6. The summed E-state index contributed by atoms with van der Waals surface area (Å²) in [5.41, 5.74) is 11.1. The number of aliphatic hydroxyl groups is 1. The zero-order valence-electron chi connectivity index (χ0n) is 94.7. The van der Waals surface area contributed by atoms with Gasteiger partial charge in [0.15, 0.2) is 0 Å². The molecule has 26 heteroatoms. The van der Waals surface area contributed by atoms with Gasteiger partial charge in [-0.05, 0) is 463 Å².